The number of H-pyrrole nitrogens is 1. The summed E-state index contributed by atoms with van der Waals surface area (Å²) in [6.07, 6.45) is 0. The molecule has 0 unspecified atom stereocenters. The van der Waals surface area contributed by atoms with Gasteiger partial charge in [-0.1, -0.05) is 28.1 Å². The Morgan fingerprint density at radius 3 is 2.61 bits per heavy atom. The zero-order valence-electron chi connectivity index (χ0n) is 16.3. The van der Waals surface area contributed by atoms with Gasteiger partial charge in [-0.2, -0.15) is 5.10 Å². The Kier molecular flexibility index (Phi) is 5.71. The zero-order chi connectivity index (χ0) is 20.6. The molecule has 1 saturated heterocycles. The third-order valence-electron chi connectivity index (χ3n) is 4.86. The number of aliphatic hydroxyl groups excluding tert-OH is 1. The van der Waals surface area contributed by atoms with Crippen LogP contribution in [0.1, 0.15) is 28.6 Å². The minimum absolute atomic E-state index is 0.0921. The highest BCUT2D eigenvalue weighted by Gasteiger charge is 2.46. The van der Waals surface area contributed by atoms with Crippen LogP contribution >= 0.6 is 15.9 Å². The van der Waals surface area contributed by atoms with E-state index in [-0.39, 0.29) is 11.3 Å². The molecule has 0 bridgehead atoms. The number of likely N-dealkylation sites (tertiary alicyclic amines) is 1. The van der Waals surface area contributed by atoms with E-state index in [0.29, 0.717) is 30.0 Å². The molecule has 2 N–H and O–H groups in total. The van der Waals surface area contributed by atoms with Crippen molar-refractivity contribution in [3.63, 3.8) is 0 Å². The van der Waals surface area contributed by atoms with E-state index in [0.717, 1.165) is 10.0 Å². The van der Waals surface area contributed by atoms with E-state index in [2.05, 4.69) is 26.1 Å². The van der Waals surface area contributed by atoms with Gasteiger partial charge in [0.15, 0.2) is 0 Å². The molecule has 0 aliphatic carbocycles. The zero-order valence-corrected chi connectivity index (χ0v) is 17.9. The maximum Gasteiger partial charge on any atom is 0.295 e. The minimum Gasteiger partial charge on any atom is -0.507 e. The second-order valence-electron chi connectivity index (χ2n) is 7.16. The molecule has 1 aromatic heterocycles. The number of aromatic amines is 1. The Morgan fingerprint density at radius 1 is 1.32 bits per heavy atom. The molecule has 0 saturated carbocycles. The van der Waals surface area contributed by atoms with Crippen LogP contribution < -0.4 is 0 Å². The fourth-order valence-electron chi connectivity index (χ4n) is 3.48. The number of carbonyl (C=O) groups excluding carboxylic acids is 2. The third kappa shape index (κ3) is 3.62. The molecule has 1 aromatic carbocycles. The largest absolute Gasteiger partial charge is 0.507 e. The second-order valence-corrected chi connectivity index (χ2v) is 8.08. The van der Waals surface area contributed by atoms with E-state index in [1.165, 1.54) is 4.90 Å². The molecular formula is C20H23BrN4O3. The Hall–Kier alpha value is -2.45. The molecule has 0 radical (unpaired) electrons. The summed E-state index contributed by atoms with van der Waals surface area (Å²) in [6, 6.07) is 6.78. The number of Topliss-reactive ketones (excluding diaryl/α,β-unsaturated/α-hetero) is 1. The lowest BCUT2D eigenvalue weighted by Crippen LogP contribution is -2.35. The number of carbonyl (C=O) groups is 2. The summed E-state index contributed by atoms with van der Waals surface area (Å²) >= 11 is 3.45. The number of halogens is 1. The lowest BCUT2D eigenvalue weighted by atomic mass is 9.95. The first-order valence-corrected chi connectivity index (χ1v) is 9.72. The number of ketones is 1. The van der Waals surface area contributed by atoms with Gasteiger partial charge in [0.05, 0.1) is 22.9 Å². The van der Waals surface area contributed by atoms with Crippen molar-refractivity contribution in [1.82, 2.24) is 20.0 Å². The fourth-order valence-corrected chi connectivity index (χ4v) is 3.89. The molecule has 2 heterocycles. The maximum atomic E-state index is 12.9. The highest BCUT2D eigenvalue weighted by Crippen LogP contribution is 2.40. The summed E-state index contributed by atoms with van der Waals surface area (Å²) in [5, 5.41) is 18.0. The molecule has 1 aliphatic heterocycles. The van der Waals surface area contributed by atoms with Crippen molar-refractivity contribution in [2.75, 3.05) is 27.2 Å². The van der Waals surface area contributed by atoms with E-state index < -0.39 is 17.7 Å². The van der Waals surface area contributed by atoms with Crippen LogP contribution in [0.2, 0.25) is 0 Å². The number of benzene rings is 1. The highest BCUT2D eigenvalue weighted by atomic mass is 79.9. The molecule has 7 nitrogen and oxygen atoms in total. The van der Waals surface area contributed by atoms with Gasteiger partial charge in [-0.3, -0.25) is 14.7 Å². The standard InChI is InChI=1S/C20H23BrN4O3/c1-11-15(12(2)23-22-11)18(26)16-17(13-6-5-7-14(21)10-13)25(9-8-24(3)4)20(28)19(16)27/h5-7,10,17,26H,8-9H2,1-4H3,(H,22,23)/t17-/m0/s1. The highest BCUT2D eigenvalue weighted by molar-refractivity contribution is 9.10. The summed E-state index contributed by atoms with van der Waals surface area (Å²) in [5.74, 6) is -1.48. The molecule has 28 heavy (non-hydrogen) atoms. The topological polar surface area (TPSA) is 89.5 Å². The van der Waals surface area contributed by atoms with E-state index in [9.17, 15) is 14.7 Å². The first kappa shape index (κ1) is 20.3. The average Bonchev–Trinajstić information content (AvgIpc) is 3.09. The second kappa shape index (κ2) is 7.89. The molecule has 1 amide bonds. The van der Waals surface area contributed by atoms with Crippen LogP contribution in [0.4, 0.5) is 0 Å². The first-order valence-electron chi connectivity index (χ1n) is 8.93. The summed E-state index contributed by atoms with van der Waals surface area (Å²) in [4.78, 5) is 29.2. The molecule has 0 spiro atoms. The summed E-state index contributed by atoms with van der Waals surface area (Å²) in [5.41, 5.74) is 2.53. The van der Waals surface area contributed by atoms with Gasteiger partial charge in [-0.05, 0) is 45.6 Å². The van der Waals surface area contributed by atoms with E-state index in [4.69, 9.17) is 0 Å². The van der Waals surface area contributed by atoms with Crippen LogP contribution in [-0.4, -0.2) is 64.0 Å². The maximum absolute atomic E-state index is 12.9. The van der Waals surface area contributed by atoms with Crippen molar-refractivity contribution in [2.24, 2.45) is 0 Å². The molecule has 3 rings (SSSR count). The summed E-state index contributed by atoms with van der Waals surface area (Å²) in [7, 11) is 3.81. The van der Waals surface area contributed by atoms with Gasteiger partial charge in [-0.15, -0.1) is 0 Å². The lowest BCUT2D eigenvalue weighted by Gasteiger charge is -2.26. The molecule has 8 heteroatoms. The van der Waals surface area contributed by atoms with E-state index in [1.54, 1.807) is 13.8 Å². The van der Waals surface area contributed by atoms with Gasteiger partial charge in [0.2, 0.25) is 0 Å². The van der Waals surface area contributed by atoms with Gasteiger partial charge in [-0.25, -0.2) is 0 Å². The fraction of sp³-hybridized carbons (Fsp3) is 0.350. The van der Waals surface area contributed by atoms with Crippen molar-refractivity contribution in [3.05, 3.63) is 56.8 Å². The van der Waals surface area contributed by atoms with E-state index in [1.807, 2.05) is 43.3 Å². The van der Waals surface area contributed by atoms with Crippen LogP contribution in [0.15, 0.2) is 34.3 Å². The number of aliphatic hydroxyl groups is 1. The number of rotatable bonds is 5. The number of nitrogens with one attached hydrogen (secondary N) is 1. The van der Waals surface area contributed by atoms with Crippen LogP contribution in [0.25, 0.3) is 5.76 Å². The predicted octanol–water partition coefficient (Wildman–Crippen LogP) is 2.77. The van der Waals surface area contributed by atoms with Crippen LogP contribution in [0.5, 0.6) is 0 Å². The van der Waals surface area contributed by atoms with Crippen molar-refractivity contribution >= 4 is 33.4 Å². The van der Waals surface area contributed by atoms with Crippen molar-refractivity contribution in [1.29, 1.82) is 0 Å². The molecule has 148 valence electrons. The van der Waals surface area contributed by atoms with Gasteiger partial charge in [0.1, 0.15) is 5.76 Å². The Balaban J connectivity index is 2.20. The lowest BCUT2D eigenvalue weighted by molar-refractivity contribution is -0.140. The first-order chi connectivity index (χ1) is 13.2. The average molecular weight is 447 g/mol. The minimum atomic E-state index is -0.679. The van der Waals surface area contributed by atoms with Gasteiger partial charge < -0.3 is 14.9 Å². The van der Waals surface area contributed by atoms with Crippen LogP contribution in [0, 0.1) is 13.8 Å². The number of nitrogens with zero attached hydrogens (tertiary/aromatic N) is 3. The van der Waals surface area contributed by atoms with E-state index >= 15 is 0 Å². The number of aromatic nitrogens is 2. The Morgan fingerprint density at radius 2 is 2.04 bits per heavy atom. The van der Waals surface area contributed by atoms with Crippen molar-refractivity contribution in [3.8, 4) is 0 Å². The van der Waals surface area contributed by atoms with Crippen LogP contribution in [0.3, 0.4) is 0 Å². The monoisotopic (exact) mass is 446 g/mol. The molecular weight excluding hydrogens is 424 g/mol. The molecule has 2 aromatic rings. The molecule has 1 atom stereocenters. The smallest absolute Gasteiger partial charge is 0.295 e. The van der Waals surface area contributed by atoms with Crippen LogP contribution in [-0.2, 0) is 9.59 Å². The molecule has 1 aliphatic rings. The number of aryl methyl sites for hydroxylation is 2. The summed E-state index contributed by atoms with van der Waals surface area (Å²) in [6.45, 7) is 4.48. The number of amides is 1. The van der Waals surface area contributed by atoms with Gasteiger partial charge in [0, 0.05) is 23.3 Å². The summed E-state index contributed by atoms with van der Waals surface area (Å²) < 4.78 is 0.832. The van der Waals surface area contributed by atoms with Gasteiger partial charge in [0.25, 0.3) is 11.7 Å². The van der Waals surface area contributed by atoms with Gasteiger partial charge >= 0.3 is 0 Å². The number of hydrogen-bond donors (Lipinski definition) is 2. The number of hydrogen-bond acceptors (Lipinski definition) is 5. The third-order valence-corrected chi connectivity index (χ3v) is 5.35. The quantitative estimate of drug-likeness (QED) is 0.418. The SMILES string of the molecule is Cc1n[nH]c(C)c1C(O)=C1C(=O)C(=O)N(CCN(C)C)[C@H]1c1cccc(Br)c1. The Labute approximate surface area is 172 Å². The Bertz CT molecular complexity index is 945. The normalized spacial score (nSPS) is 19.1. The van der Waals surface area contributed by atoms with Crippen molar-refractivity contribution < 1.29 is 14.7 Å². The molecule has 1 fully saturated rings. The number of likely N-dealkylation sites (N-methyl/N-ethyl adjacent to an activating group) is 1. The predicted molar refractivity (Wildman–Crippen MR) is 110 cm³/mol. The van der Waals surface area contributed by atoms with Crippen molar-refractivity contribution in [2.45, 2.75) is 19.9 Å².